The lowest BCUT2D eigenvalue weighted by Crippen LogP contribution is -2.31. The summed E-state index contributed by atoms with van der Waals surface area (Å²) in [6.07, 6.45) is 1.11. The molecule has 0 spiro atoms. The van der Waals surface area contributed by atoms with Crippen molar-refractivity contribution >= 4 is 35.2 Å². The summed E-state index contributed by atoms with van der Waals surface area (Å²) in [5, 5.41) is 0. The van der Waals surface area contributed by atoms with E-state index in [9.17, 15) is 0 Å². The van der Waals surface area contributed by atoms with Crippen LogP contribution >= 0.6 is 22.6 Å². The summed E-state index contributed by atoms with van der Waals surface area (Å²) in [5.41, 5.74) is 2.36. The van der Waals surface area contributed by atoms with E-state index in [0.717, 1.165) is 17.6 Å². The zero-order valence-electron chi connectivity index (χ0n) is 9.03. The fourth-order valence-electron chi connectivity index (χ4n) is 2.30. The Hall–Kier alpha value is -0.265. The van der Waals surface area contributed by atoms with Gasteiger partial charge in [-0.05, 0) is 46.7 Å². The molecule has 0 N–H and O–H groups in total. The molecule has 0 unspecified atom stereocenters. The van der Waals surface area contributed by atoms with Crippen molar-refractivity contribution in [3.05, 3.63) is 21.3 Å². The van der Waals surface area contributed by atoms with Gasteiger partial charge in [-0.3, -0.25) is 0 Å². The minimum absolute atomic E-state index is 0.147. The molecule has 0 fully saturated rings. The highest BCUT2D eigenvalue weighted by atomic mass is 127. The Labute approximate surface area is 109 Å². The third-order valence-corrected chi connectivity index (χ3v) is 3.96. The Kier molecular flexibility index (Phi) is 2.85. The van der Waals surface area contributed by atoms with Crippen molar-refractivity contribution in [2.24, 2.45) is 0 Å². The maximum absolute atomic E-state index is 5.92. The average Bonchev–Trinajstić information content (AvgIpc) is 2.55. The van der Waals surface area contributed by atoms with Gasteiger partial charge in [0.05, 0.1) is 12.7 Å². The van der Waals surface area contributed by atoms with Crippen LogP contribution in [0.3, 0.4) is 0 Å². The van der Waals surface area contributed by atoms with Crippen LogP contribution in [0.4, 0.5) is 0 Å². The maximum atomic E-state index is 5.92. The molecular formula is C11H12BIO3. The number of halogens is 1. The molecule has 5 heteroatoms. The van der Waals surface area contributed by atoms with Gasteiger partial charge in [0.1, 0.15) is 12.4 Å². The first kappa shape index (κ1) is 10.9. The molecule has 1 aromatic rings. The molecule has 1 atom stereocenters. The monoisotopic (exact) mass is 330 g/mol. The van der Waals surface area contributed by atoms with E-state index >= 15 is 0 Å². The van der Waals surface area contributed by atoms with E-state index in [0.29, 0.717) is 13.2 Å². The molecule has 0 radical (unpaired) electrons. The van der Waals surface area contributed by atoms with Crippen molar-refractivity contribution in [2.75, 3.05) is 13.2 Å². The standard InChI is InChI=1S/C11H12BIO3/c1-2-8-10-7(13)3-4-9-11(10)12(16-8)15-6-5-14-9/h3-4,8H,2,5-6H2,1H3/t8-/m1/s1. The van der Waals surface area contributed by atoms with Gasteiger partial charge in [0.2, 0.25) is 0 Å². The minimum atomic E-state index is -0.229. The number of hydrogen-bond donors (Lipinski definition) is 0. The van der Waals surface area contributed by atoms with Gasteiger partial charge in [-0.15, -0.1) is 0 Å². The van der Waals surface area contributed by atoms with Gasteiger partial charge in [-0.1, -0.05) is 6.92 Å². The van der Waals surface area contributed by atoms with Crippen LogP contribution in [0.15, 0.2) is 12.1 Å². The summed E-state index contributed by atoms with van der Waals surface area (Å²) < 4.78 is 18.5. The first-order valence-electron chi connectivity index (χ1n) is 5.53. The van der Waals surface area contributed by atoms with Gasteiger partial charge in [0.15, 0.2) is 0 Å². The molecule has 0 bridgehead atoms. The third-order valence-electron chi connectivity index (χ3n) is 3.02. The molecule has 0 saturated heterocycles. The van der Waals surface area contributed by atoms with Gasteiger partial charge < -0.3 is 14.0 Å². The molecule has 2 aliphatic heterocycles. The average molecular weight is 330 g/mol. The van der Waals surface area contributed by atoms with E-state index in [2.05, 4.69) is 35.6 Å². The molecule has 2 aliphatic rings. The van der Waals surface area contributed by atoms with Crippen LogP contribution in [0.5, 0.6) is 5.75 Å². The van der Waals surface area contributed by atoms with Gasteiger partial charge in [-0.25, -0.2) is 0 Å². The molecule has 0 amide bonds. The van der Waals surface area contributed by atoms with Gasteiger partial charge in [0, 0.05) is 9.03 Å². The van der Waals surface area contributed by atoms with Crippen LogP contribution in [0, 0.1) is 3.57 Å². The van der Waals surface area contributed by atoms with Crippen LogP contribution in [-0.2, 0) is 9.31 Å². The van der Waals surface area contributed by atoms with Crippen molar-refractivity contribution in [1.29, 1.82) is 0 Å². The summed E-state index contributed by atoms with van der Waals surface area (Å²) in [7, 11) is -0.229. The maximum Gasteiger partial charge on any atom is 0.498 e. The first-order chi connectivity index (χ1) is 7.81. The highest BCUT2D eigenvalue weighted by Crippen LogP contribution is 2.35. The lowest BCUT2D eigenvalue weighted by atomic mass is 9.78. The lowest BCUT2D eigenvalue weighted by molar-refractivity contribution is 0.141. The molecule has 84 valence electrons. The molecule has 3 nitrogen and oxygen atoms in total. The van der Waals surface area contributed by atoms with E-state index < -0.39 is 0 Å². The molecule has 0 aromatic heterocycles. The normalized spacial score (nSPS) is 22.6. The van der Waals surface area contributed by atoms with E-state index in [1.54, 1.807) is 0 Å². The number of benzene rings is 1. The zero-order chi connectivity index (χ0) is 11.1. The fraction of sp³-hybridized carbons (Fsp3) is 0.455. The first-order valence-corrected chi connectivity index (χ1v) is 6.61. The van der Waals surface area contributed by atoms with E-state index in [1.165, 1.54) is 9.13 Å². The van der Waals surface area contributed by atoms with Crippen LogP contribution in [0.2, 0.25) is 0 Å². The Morgan fingerprint density at radius 3 is 3.12 bits per heavy atom. The highest BCUT2D eigenvalue weighted by molar-refractivity contribution is 14.1. The van der Waals surface area contributed by atoms with Crippen molar-refractivity contribution < 1.29 is 14.0 Å². The predicted molar refractivity (Wildman–Crippen MR) is 70.1 cm³/mol. The lowest BCUT2D eigenvalue weighted by Gasteiger charge is -2.13. The van der Waals surface area contributed by atoms with Crippen LogP contribution in [-0.4, -0.2) is 20.3 Å². The van der Waals surface area contributed by atoms with E-state index in [-0.39, 0.29) is 13.2 Å². The Morgan fingerprint density at radius 2 is 2.31 bits per heavy atom. The fourth-order valence-corrected chi connectivity index (χ4v) is 3.12. The van der Waals surface area contributed by atoms with Crippen molar-refractivity contribution in [2.45, 2.75) is 19.4 Å². The van der Waals surface area contributed by atoms with Gasteiger partial charge >= 0.3 is 7.12 Å². The smallest absolute Gasteiger partial charge is 0.492 e. The van der Waals surface area contributed by atoms with Crippen molar-refractivity contribution in [1.82, 2.24) is 0 Å². The number of hydrogen-bond acceptors (Lipinski definition) is 3. The minimum Gasteiger partial charge on any atom is -0.492 e. The summed E-state index contributed by atoms with van der Waals surface area (Å²) >= 11 is 2.35. The number of ether oxygens (including phenoxy) is 1. The van der Waals surface area contributed by atoms with Gasteiger partial charge in [0.25, 0.3) is 0 Å². The third kappa shape index (κ3) is 1.56. The summed E-state index contributed by atoms with van der Waals surface area (Å²) in [6.45, 7) is 3.32. The molecule has 2 heterocycles. The van der Waals surface area contributed by atoms with Crippen LogP contribution in [0.25, 0.3) is 0 Å². The second-order valence-electron chi connectivity index (χ2n) is 3.96. The van der Waals surface area contributed by atoms with E-state index in [1.807, 2.05) is 6.07 Å². The molecule has 0 saturated carbocycles. The van der Waals surface area contributed by atoms with Crippen LogP contribution in [0.1, 0.15) is 25.0 Å². The topological polar surface area (TPSA) is 27.7 Å². The summed E-state index contributed by atoms with van der Waals surface area (Å²) in [6, 6.07) is 4.11. The second-order valence-corrected chi connectivity index (χ2v) is 5.12. The molecule has 0 aliphatic carbocycles. The quantitative estimate of drug-likeness (QED) is 0.581. The van der Waals surface area contributed by atoms with E-state index in [4.69, 9.17) is 14.0 Å². The Morgan fingerprint density at radius 1 is 1.44 bits per heavy atom. The van der Waals surface area contributed by atoms with Crippen molar-refractivity contribution in [3.8, 4) is 5.75 Å². The molecular weight excluding hydrogens is 318 g/mol. The van der Waals surface area contributed by atoms with Crippen molar-refractivity contribution in [3.63, 3.8) is 0 Å². The summed E-state index contributed by atoms with van der Waals surface area (Å²) in [4.78, 5) is 0. The largest absolute Gasteiger partial charge is 0.498 e. The SMILES string of the molecule is CC[C@H]1OB2OCCOc3ccc(I)c1c32. The second kappa shape index (κ2) is 4.20. The Balaban J connectivity index is 2.17. The molecule has 16 heavy (non-hydrogen) atoms. The number of rotatable bonds is 1. The van der Waals surface area contributed by atoms with Gasteiger partial charge in [-0.2, -0.15) is 0 Å². The highest BCUT2D eigenvalue weighted by Gasteiger charge is 2.41. The molecule has 3 rings (SSSR count). The summed E-state index contributed by atoms with van der Waals surface area (Å²) in [5.74, 6) is 0.925. The molecule has 1 aromatic carbocycles. The van der Waals surface area contributed by atoms with Crippen LogP contribution < -0.4 is 10.2 Å². The zero-order valence-corrected chi connectivity index (χ0v) is 11.2. The predicted octanol–water partition coefficient (Wildman–Crippen LogP) is 1.88. The Bertz CT molecular complexity index is 424.